The highest BCUT2D eigenvalue weighted by Gasteiger charge is 2.34. The number of anilines is 1. The first-order valence-electron chi connectivity index (χ1n) is 8.48. The van der Waals surface area contributed by atoms with Crippen LogP contribution in [0.3, 0.4) is 0 Å². The van der Waals surface area contributed by atoms with Crippen molar-refractivity contribution in [3.05, 3.63) is 53.2 Å². The van der Waals surface area contributed by atoms with Crippen LogP contribution >= 0.6 is 11.6 Å². The maximum absolute atomic E-state index is 12.4. The van der Waals surface area contributed by atoms with Crippen LogP contribution in [0, 0.1) is 5.92 Å². The van der Waals surface area contributed by atoms with E-state index < -0.39 is 0 Å². The molecule has 0 aliphatic carbocycles. The van der Waals surface area contributed by atoms with Gasteiger partial charge in [-0.1, -0.05) is 11.6 Å². The molecule has 1 aromatic heterocycles. The molecule has 0 spiro atoms. The molecule has 0 saturated carbocycles. The van der Waals surface area contributed by atoms with Crippen LogP contribution in [-0.2, 0) is 16.1 Å². The third kappa shape index (κ3) is 4.32. The number of rotatable bonds is 6. The number of ether oxygens (including phenoxy) is 1. The van der Waals surface area contributed by atoms with Crippen molar-refractivity contribution in [1.29, 1.82) is 0 Å². The van der Waals surface area contributed by atoms with E-state index in [1.54, 1.807) is 41.4 Å². The summed E-state index contributed by atoms with van der Waals surface area (Å²) in [5.74, 6) is -0.0322. The van der Waals surface area contributed by atoms with Crippen LogP contribution in [0.5, 0.6) is 5.88 Å². The fourth-order valence-electron chi connectivity index (χ4n) is 2.87. The van der Waals surface area contributed by atoms with Crippen molar-refractivity contribution in [2.24, 2.45) is 5.92 Å². The van der Waals surface area contributed by atoms with E-state index in [4.69, 9.17) is 16.3 Å². The number of benzene rings is 1. The van der Waals surface area contributed by atoms with Crippen molar-refractivity contribution in [3.8, 4) is 5.88 Å². The van der Waals surface area contributed by atoms with Gasteiger partial charge in [-0.05, 0) is 42.8 Å². The molecule has 3 rings (SSSR count). The van der Waals surface area contributed by atoms with Gasteiger partial charge in [0.2, 0.25) is 17.7 Å². The van der Waals surface area contributed by atoms with Gasteiger partial charge in [0, 0.05) is 42.5 Å². The van der Waals surface area contributed by atoms with Gasteiger partial charge in [-0.15, -0.1) is 0 Å². The first-order chi connectivity index (χ1) is 12.6. The zero-order valence-corrected chi connectivity index (χ0v) is 15.2. The summed E-state index contributed by atoms with van der Waals surface area (Å²) in [5.41, 5.74) is 1.65. The Morgan fingerprint density at radius 2 is 2.12 bits per heavy atom. The van der Waals surface area contributed by atoms with Gasteiger partial charge < -0.3 is 15.0 Å². The summed E-state index contributed by atoms with van der Waals surface area (Å²) in [4.78, 5) is 30.4. The molecular weight excluding hydrogens is 354 g/mol. The van der Waals surface area contributed by atoms with Crippen LogP contribution in [-0.4, -0.2) is 29.9 Å². The number of nitrogens with zero attached hydrogens (tertiary/aromatic N) is 2. The molecule has 1 N–H and O–H groups in total. The largest absolute Gasteiger partial charge is 0.478 e. The zero-order chi connectivity index (χ0) is 18.5. The molecule has 1 atom stereocenters. The summed E-state index contributed by atoms with van der Waals surface area (Å²) in [6, 6.07) is 10.7. The molecule has 26 heavy (non-hydrogen) atoms. The van der Waals surface area contributed by atoms with E-state index in [2.05, 4.69) is 10.3 Å². The maximum Gasteiger partial charge on any atom is 0.227 e. The number of halogens is 1. The van der Waals surface area contributed by atoms with Gasteiger partial charge in [0.25, 0.3) is 0 Å². The van der Waals surface area contributed by atoms with Gasteiger partial charge in [0.05, 0.1) is 12.5 Å². The van der Waals surface area contributed by atoms with Crippen LogP contribution in [0.4, 0.5) is 5.69 Å². The quantitative estimate of drug-likeness (QED) is 0.845. The molecule has 0 radical (unpaired) electrons. The van der Waals surface area contributed by atoms with E-state index >= 15 is 0 Å². The van der Waals surface area contributed by atoms with Crippen molar-refractivity contribution in [3.63, 3.8) is 0 Å². The maximum atomic E-state index is 12.4. The van der Waals surface area contributed by atoms with Gasteiger partial charge in [-0.2, -0.15) is 0 Å². The van der Waals surface area contributed by atoms with Gasteiger partial charge >= 0.3 is 0 Å². The van der Waals surface area contributed by atoms with Gasteiger partial charge in [0.15, 0.2) is 0 Å². The Labute approximate surface area is 157 Å². The second-order valence-corrected chi connectivity index (χ2v) is 6.47. The Morgan fingerprint density at radius 1 is 1.35 bits per heavy atom. The number of hydrogen-bond donors (Lipinski definition) is 1. The van der Waals surface area contributed by atoms with E-state index in [9.17, 15) is 9.59 Å². The smallest absolute Gasteiger partial charge is 0.227 e. The van der Waals surface area contributed by atoms with Crippen LogP contribution in [0.1, 0.15) is 18.9 Å². The third-order valence-corrected chi connectivity index (χ3v) is 4.44. The van der Waals surface area contributed by atoms with Gasteiger partial charge in [-0.3, -0.25) is 9.59 Å². The molecule has 1 aliphatic rings. The Kier molecular flexibility index (Phi) is 5.73. The standard InChI is InChI=1S/C19H20ClN3O3/c1-2-26-17-9-13(7-8-21-17)11-22-19(25)14-10-18(24)23(12-14)16-5-3-15(20)4-6-16/h3-9,14H,2,10-12H2,1H3,(H,22,25). The van der Waals surface area contributed by atoms with Crippen LogP contribution in [0.25, 0.3) is 0 Å². The van der Waals surface area contributed by atoms with Crippen LogP contribution in [0.2, 0.25) is 5.02 Å². The normalized spacial score (nSPS) is 16.6. The van der Waals surface area contributed by atoms with Crippen LogP contribution < -0.4 is 15.0 Å². The zero-order valence-electron chi connectivity index (χ0n) is 14.4. The lowest BCUT2D eigenvalue weighted by Gasteiger charge is -2.16. The number of aromatic nitrogens is 1. The first kappa shape index (κ1) is 18.2. The monoisotopic (exact) mass is 373 g/mol. The molecule has 2 amide bonds. The van der Waals surface area contributed by atoms with E-state index in [0.29, 0.717) is 30.6 Å². The molecule has 136 valence electrons. The molecule has 6 nitrogen and oxygen atoms in total. The van der Waals surface area contributed by atoms with Crippen molar-refractivity contribution in [2.75, 3.05) is 18.1 Å². The number of pyridine rings is 1. The summed E-state index contributed by atoms with van der Waals surface area (Å²) in [6.07, 6.45) is 1.85. The second kappa shape index (κ2) is 8.19. The Bertz CT molecular complexity index is 795. The Balaban J connectivity index is 1.58. The summed E-state index contributed by atoms with van der Waals surface area (Å²) in [5, 5.41) is 3.50. The third-order valence-electron chi connectivity index (χ3n) is 4.19. The molecule has 0 bridgehead atoms. The topological polar surface area (TPSA) is 71.5 Å². The molecule has 1 aromatic carbocycles. The van der Waals surface area contributed by atoms with E-state index in [-0.39, 0.29) is 24.2 Å². The Morgan fingerprint density at radius 3 is 2.85 bits per heavy atom. The van der Waals surface area contributed by atoms with E-state index in [1.807, 2.05) is 13.0 Å². The first-order valence-corrected chi connectivity index (χ1v) is 8.86. The molecule has 7 heteroatoms. The summed E-state index contributed by atoms with van der Waals surface area (Å²) >= 11 is 5.88. The lowest BCUT2D eigenvalue weighted by Crippen LogP contribution is -2.32. The predicted molar refractivity (Wildman–Crippen MR) is 99.2 cm³/mol. The molecular formula is C19H20ClN3O3. The minimum Gasteiger partial charge on any atom is -0.478 e. The average Bonchev–Trinajstić information content (AvgIpc) is 3.03. The van der Waals surface area contributed by atoms with Crippen molar-refractivity contribution >= 4 is 29.1 Å². The number of amides is 2. The predicted octanol–water partition coefficient (Wildman–Crippen LogP) is 2.80. The van der Waals surface area contributed by atoms with E-state index in [0.717, 1.165) is 11.3 Å². The van der Waals surface area contributed by atoms with Gasteiger partial charge in [0.1, 0.15) is 0 Å². The number of carbonyl (C=O) groups is 2. The molecule has 2 aromatic rings. The van der Waals surface area contributed by atoms with Crippen molar-refractivity contribution < 1.29 is 14.3 Å². The summed E-state index contributed by atoms with van der Waals surface area (Å²) < 4.78 is 5.35. The van der Waals surface area contributed by atoms with E-state index in [1.165, 1.54) is 0 Å². The van der Waals surface area contributed by atoms with Crippen molar-refractivity contribution in [1.82, 2.24) is 10.3 Å². The second-order valence-electron chi connectivity index (χ2n) is 6.03. The highest BCUT2D eigenvalue weighted by molar-refractivity contribution is 6.30. The highest BCUT2D eigenvalue weighted by atomic mass is 35.5. The Hall–Kier alpha value is -2.60. The molecule has 1 unspecified atom stereocenters. The van der Waals surface area contributed by atoms with Crippen LogP contribution in [0.15, 0.2) is 42.6 Å². The average molecular weight is 374 g/mol. The SMILES string of the molecule is CCOc1cc(CNC(=O)C2CC(=O)N(c3ccc(Cl)cc3)C2)ccn1. The molecule has 2 heterocycles. The van der Waals surface area contributed by atoms with Crippen molar-refractivity contribution in [2.45, 2.75) is 19.9 Å². The fourth-order valence-corrected chi connectivity index (χ4v) is 3.00. The highest BCUT2D eigenvalue weighted by Crippen LogP contribution is 2.26. The number of hydrogen-bond acceptors (Lipinski definition) is 4. The lowest BCUT2D eigenvalue weighted by molar-refractivity contribution is -0.126. The minimum absolute atomic E-state index is 0.0602. The lowest BCUT2D eigenvalue weighted by atomic mass is 10.1. The summed E-state index contributed by atoms with van der Waals surface area (Å²) in [6.45, 7) is 3.16. The summed E-state index contributed by atoms with van der Waals surface area (Å²) in [7, 11) is 0. The molecule has 1 aliphatic heterocycles. The molecule has 1 saturated heterocycles. The van der Waals surface area contributed by atoms with Gasteiger partial charge in [-0.25, -0.2) is 4.98 Å². The minimum atomic E-state index is -0.369. The molecule has 1 fully saturated rings. The fraction of sp³-hybridized carbons (Fsp3) is 0.316. The number of nitrogens with one attached hydrogen (secondary N) is 1. The number of carbonyl (C=O) groups excluding carboxylic acids is 2.